The molecular weight excluding hydrogens is 252 g/mol. The number of carbonyl (C=O) groups is 2. The van der Waals surface area contributed by atoms with Crippen molar-refractivity contribution in [3.8, 4) is 0 Å². The van der Waals surface area contributed by atoms with Gasteiger partial charge < -0.3 is 10.2 Å². The van der Waals surface area contributed by atoms with Crippen molar-refractivity contribution in [1.82, 2.24) is 5.32 Å². The molecule has 0 fully saturated rings. The van der Waals surface area contributed by atoms with E-state index in [1.807, 2.05) is 26.8 Å². The maximum atomic E-state index is 12.8. The number of carbonyl (C=O) groups excluding carboxylic acids is 2. The van der Waals surface area contributed by atoms with E-state index in [4.69, 9.17) is 0 Å². The monoisotopic (exact) mass is 272 g/mol. The SMILES string of the molecule is C=CCN1C(=O)C(C(C)(C)C)NC(=O)c2ccccc21. The molecule has 1 aromatic rings. The van der Waals surface area contributed by atoms with Gasteiger partial charge in [0.2, 0.25) is 5.91 Å². The highest BCUT2D eigenvalue weighted by molar-refractivity contribution is 6.11. The van der Waals surface area contributed by atoms with Gasteiger partial charge in [0.1, 0.15) is 6.04 Å². The van der Waals surface area contributed by atoms with Crippen LogP contribution in [0.15, 0.2) is 36.9 Å². The average molecular weight is 272 g/mol. The predicted octanol–water partition coefficient (Wildman–Crippen LogP) is 2.36. The van der Waals surface area contributed by atoms with Gasteiger partial charge in [-0.3, -0.25) is 9.59 Å². The molecule has 0 aliphatic carbocycles. The number of hydrogen-bond acceptors (Lipinski definition) is 2. The summed E-state index contributed by atoms with van der Waals surface area (Å²) in [6, 6.07) is 6.60. The van der Waals surface area contributed by atoms with E-state index in [9.17, 15) is 9.59 Å². The van der Waals surface area contributed by atoms with Gasteiger partial charge in [0.15, 0.2) is 0 Å². The molecule has 4 nitrogen and oxygen atoms in total. The number of hydrogen-bond donors (Lipinski definition) is 1. The first-order chi connectivity index (χ1) is 9.36. The Morgan fingerprint density at radius 1 is 1.30 bits per heavy atom. The van der Waals surface area contributed by atoms with E-state index in [0.29, 0.717) is 17.8 Å². The fraction of sp³-hybridized carbons (Fsp3) is 0.375. The van der Waals surface area contributed by atoms with Crippen molar-refractivity contribution in [2.24, 2.45) is 5.41 Å². The van der Waals surface area contributed by atoms with Gasteiger partial charge in [-0.15, -0.1) is 6.58 Å². The number of para-hydroxylation sites is 1. The van der Waals surface area contributed by atoms with Crippen LogP contribution >= 0.6 is 0 Å². The summed E-state index contributed by atoms with van der Waals surface area (Å²) in [6.07, 6.45) is 1.67. The van der Waals surface area contributed by atoms with Gasteiger partial charge in [-0.05, 0) is 17.5 Å². The third kappa shape index (κ3) is 2.46. The van der Waals surface area contributed by atoms with Crippen LogP contribution in [0, 0.1) is 5.41 Å². The predicted molar refractivity (Wildman–Crippen MR) is 79.7 cm³/mol. The number of nitrogens with one attached hydrogen (secondary N) is 1. The second kappa shape index (κ2) is 5.12. The summed E-state index contributed by atoms with van der Waals surface area (Å²) in [6.45, 7) is 9.91. The fourth-order valence-corrected chi connectivity index (χ4v) is 2.35. The van der Waals surface area contributed by atoms with Crippen molar-refractivity contribution >= 4 is 17.5 Å². The molecule has 106 valence electrons. The highest BCUT2D eigenvalue weighted by atomic mass is 16.2. The molecule has 1 atom stereocenters. The van der Waals surface area contributed by atoms with Crippen LogP contribution in [0.25, 0.3) is 0 Å². The minimum absolute atomic E-state index is 0.101. The Labute approximate surface area is 119 Å². The van der Waals surface area contributed by atoms with Crippen LogP contribution < -0.4 is 10.2 Å². The summed E-state index contributed by atoms with van der Waals surface area (Å²) < 4.78 is 0. The summed E-state index contributed by atoms with van der Waals surface area (Å²) in [4.78, 5) is 26.7. The summed E-state index contributed by atoms with van der Waals surface area (Å²) in [7, 11) is 0. The van der Waals surface area contributed by atoms with Crippen molar-refractivity contribution in [1.29, 1.82) is 0 Å². The zero-order chi connectivity index (χ0) is 14.9. The first-order valence-electron chi connectivity index (χ1n) is 6.68. The molecule has 1 N–H and O–H groups in total. The Morgan fingerprint density at radius 3 is 2.55 bits per heavy atom. The summed E-state index contributed by atoms with van der Waals surface area (Å²) in [5, 5.41) is 2.85. The molecule has 0 spiro atoms. The Bertz CT molecular complexity index is 558. The molecule has 2 amide bonds. The Kier molecular flexibility index (Phi) is 3.66. The number of nitrogens with zero attached hydrogens (tertiary/aromatic N) is 1. The van der Waals surface area contributed by atoms with Gasteiger partial charge in [0, 0.05) is 6.54 Å². The van der Waals surface area contributed by atoms with E-state index in [1.54, 1.807) is 29.2 Å². The smallest absolute Gasteiger partial charge is 0.254 e. The van der Waals surface area contributed by atoms with Crippen LogP contribution in [-0.4, -0.2) is 24.4 Å². The van der Waals surface area contributed by atoms with Crippen molar-refractivity contribution in [2.75, 3.05) is 11.4 Å². The Hall–Kier alpha value is -2.10. The quantitative estimate of drug-likeness (QED) is 0.840. The molecule has 0 saturated heterocycles. The molecule has 0 bridgehead atoms. The van der Waals surface area contributed by atoms with E-state index in [-0.39, 0.29) is 17.2 Å². The maximum absolute atomic E-state index is 12.8. The van der Waals surface area contributed by atoms with Crippen molar-refractivity contribution in [2.45, 2.75) is 26.8 Å². The Morgan fingerprint density at radius 2 is 1.95 bits per heavy atom. The molecule has 1 unspecified atom stereocenters. The second-order valence-corrected chi connectivity index (χ2v) is 6.03. The lowest BCUT2D eigenvalue weighted by Crippen LogP contribution is -2.52. The van der Waals surface area contributed by atoms with E-state index < -0.39 is 6.04 Å². The number of anilines is 1. The largest absolute Gasteiger partial charge is 0.340 e. The van der Waals surface area contributed by atoms with Crippen LogP contribution in [0.1, 0.15) is 31.1 Å². The van der Waals surface area contributed by atoms with Crippen LogP contribution in [0.4, 0.5) is 5.69 Å². The zero-order valence-electron chi connectivity index (χ0n) is 12.1. The van der Waals surface area contributed by atoms with Crippen LogP contribution in [0.3, 0.4) is 0 Å². The number of benzene rings is 1. The third-order valence-electron chi connectivity index (χ3n) is 3.41. The molecule has 1 aliphatic rings. The highest BCUT2D eigenvalue weighted by Crippen LogP contribution is 2.29. The van der Waals surface area contributed by atoms with E-state index in [2.05, 4.69) is 11.9 Å². The maximum Gasteiger partial charge on any atom is 0.254 e. The van der Waals surface area contributed by atoms with Crippen molar-refractivity contribution < 1.29 is 9.59 Å². The van der Waals surface area contributed by atoms with Crippen molar-refractivity contribution in [3.05, 3.63) is 42.5 Å². The first kappa shape index (κ1) is 14.3. The molecule has 4 heteroatoms. The molecular formula is C16H20N2O2. The lowest BCUT2D eigenvalue weighted by Gasteiger charge is -2.32. The number of amides is 2. The third-order valence-corrected chi connectivity index (χ3v) is 3.41. The van der Waals surface area contributed by atoms with Gasteiger partial charge in [-0.1, -0.05) is 39.0 Å². The van der Waals surface area contributed by atoms with Crippen LogP contribution in [0.2, 0.25) is 0 Å². The average Bonchev–Trinajstić information content (AvgIpc) is 2.49. The summed E-state index contributed by atoms with van der Waals surface area (Å²) >= 11 is 0. The highest BCUT2D eigenvalue weighted by Gasteiger charge is 2.39. The van der Waals surface area contributed by atoms with Gasteiger partial charge >= 0.3 is 0 Å². The molecule has 1 heterocycles. The number of rotatable bonds is 2. The summed E-state index contributed by atoms with van der Waals surface area (Å²) in [5.74, 6) is -0.309. The van der Waals surface area contributed by atoms with Crippen LogP contribution in [-0.2, 0) is 4.79 Å². The number of fused-ring (bicyclic) bond motifs is 1. The molecule has 0 radical (unpaired) electrons. The molecule has 0 saturated carbocycles. The van der Waals surface area contributed by atoms with E-state index in [1.165, 1.54) is 0 Å². The zero-order valence-corrected chi connectivity index (χ0v) is 12.1. The normalized spacial score (nSPS) is 19.1. The first-order valence-corrected chi connectivity index (χ1v) is 6.68. The van der Waals surface area contributed by atoms with E-state index in [0.717, 1.165) is 0 Å². The molecule has 20 heavy (non-hydrogen) atoms. The summed E-state index contributed by atoms with van der Waals surface area (Å²) in [5.41, 5.74) is 0.810. The van der Waals surface area contributed by atoms with Crippen molar-refractivity contribution in [3.63, 3.8) is 0 Å². The van der Waals surface area contributed by atoms with Gasteiger partial charge in [0.25, 0.3) is 5.91 Å². The molecule has 1 aliphatic heterocycles. The molecule has 0 aromatic heterocycles. The van der Waals surface area contributed by atoms with Crippen LogP contribution in [0.5, 0.6) is 0 Å². The lowest BCUT2D eigenvalue weighted by atomic mass is 9.86. The topological polar surface area (TPSA) is 49.4 Å². The van der Waals surface area contributed by atoms with Gasteiger partial charge in [0.05, 0.1) is 11.3 Å². The van der Waals surface area contributed by atoms with Gasteiger partial charge in [-0.2, -0.15) is 0 Å². The van der Waals surface area contributed by atoms with E-state index >= 15 is 0 Å². The second-order valence-electron chi connectivity index (χ2n) is 6.03. The Balaban J connectivity index is 2.56. The van der Waals surface area contributed by atoms with Gasteiger partial charge in [-0.25, -0.2) is 0 Å². The minimum Gasteiger partial charge on any atom is -0.340 e. The lowest BCUT2D eigenvalue weighted by molar-refractivity contribution is -0.122. The molecule has 2 rings (SSSR count). The molecule has 1 aromatic carbocycles. The minimum atomic E-state index is -0.553. The standard InChI is InChI=1S/C16H20N2O2/c1-5-10-18-12-9-7-6-8-11(12)14(19)17-13(15(18)20)16(2,3)4/h5-9,13H,1,10H2,2-4H3,(H,17,19). The fourth-order valence-electron chi connectivity index (χ4n) is 2.35.